The second-order valence-electron chi connectivity index (χ2n) is 4.81. The number of hydrogen-bond donors (Lipinski definition) is 0. The summed E-state index contributed by atoms with van der Waals surface area (Å²) in [5.41, 5.74) is 2.35. The summed E-state index contributed by atoms with van der Waals surface area (Å²) in [5.74, 6) is 1.92. The molecule has 0 N–H and O–H groups in total. The van der Waals surface area contributed by atoms with E-state index in [4.69, 9.17) is 9.47 Å². The van der Waals surface area contributed by atoms with E-state index in [1.54, 1.807) is 14.2 Å². The van der Waals surface area contributed by atoms with Crippen LogP contribution < -0.4 is 9.47 Å². The minimum absolute atomic E-state index is 0.296. The third-order valence-electron chi connectivity index (χ3n) is 3.79. The van der Waals surface area contributed by atoms with E-state index in [2.05, 4.69) is 12.1 Å². The highest BCUT2D eigenvalue weighted by atomic mass is 16.5. The Labute approximate surface area is 112 Å². The molecule has 0 saturated heterocycles. The lowest BCUT2D eigenvalue weighted by Crippen LogP contribution is -2.14. The minimum atomic E-state index is 0.296. The number of carbonyl (C=O) groups excluding carboxylic acids is 1. The smallest absolute Gasteiger partial charge is 0.137 e. The van der Waals surface area contributed by atoms with E-state index in [0.717, 1.165) is 34.3 Å². The fourth-order valence-electron chi connectivity index (χ4n) is 2.85. The lowest BCUT2D eigenvalue weighted by molar-refractivity contribution is -0.118. The maximum Gasteiger partial charge on any atom is 0.137 e. The third-order valence-corrected chi connectivity index (χ3v) is 3.79. The molecule has 0 aliphatic heterocycles. The monoisotopic (exact) mass is 256 g/mol. The van der Waals surface area contributed by atoms with Gasteiger partial charge in [0, 0.05) is 23.6 Å². The molecular weight excluding hydrogens is 240 g/mol. The van der Waals surface area contributed by atoms with Crippen molar-refractivity contribution in [2.75, 3.05) is 14.2 Å². The largest absolute Gasteiger partial charge is 0.496 e. The number of methoxy groups -OCH3 is 2. The van der Waals surface area contributed by atoms with Gasteiger partial charge in [0.2, 0.25) is 0 Å². The Hall–Kier alpha value is -2.03. The van der Waals surface area contributed by atoms with Crippen molar-refractivity contribution in [3.8, 4) is 11.5 Å². The quantitative estimate of drug-likeness (QED) is 0.828. The number of aryl methyl sites for hydroxylation is 1. The van der Waals surface area contributed by atoms with Crippen LogP contribution in [-0.4, -0.2) is 20.0 Å². The normalized spacial score (nSPS) is 14.3. The zero-order valence-corrected chi connectivity index (χ0v) is 11.2. The highest BCUT2D eigenvalue weighted by Gasteiger charge is 2.21. The van der Waals surface area contributed by atoms with E-state index in [-0.39, 0.29) is 0 Å². The van der Waals surface area contributed by atoms with E-state index in [9.17, 15) is 4.79 Å². The van der Waals surface area contributed by atoms with Crippen molar-refractivity contribution in [1.29, 1.82) is 0 Å². The number of ketones is 1. The van der Waals surface area contributed by atoms with Crippen molar-refractivity contribution in [3.05, 3.63) is 35.4 Å². The van der Waals surface area contributed by atoms with Crippen LogP contribution in [0.4, 0.5) is 0 Å². The summed E-state index contributed by atoms with van der Waals surface area (Å²) in [5, 5.41) is 2.03. The SMILES string of the molecule is COc1ccc(OC)c2c3c(ccc12)CCC(=O)C3. The van der Waals surface area contributed by atoms with Crippen molar-refractivity contribution in [3.63, 3.8) is 0 Å². The second kappa shape index (κ2) is 4.57. The summed E-state index contributed by atoms with van der Waals surface area (Å²) in [6.45, 7) is 0. The van der Waals surface area contributed by atoms with E-state index in [1.807, 2.05) is 12.1 Å². The summed E-state index contributed by atoms with van der Waals surface area (Å²) in [7, 11) is 3.32. The van der Waals surface area contributed by atoms with E-state index in [1.165, 1.54) is 5.56 Å². The zero-order valence-electron chi connectivity index (χ0n) is 11.2. The van der Waals surface area contributed by atoms with Gasteiger partial charge in [0.05, 0.1) is 14.2 Å². The van der Waals surface area contributed by atoms with Gasteiger partial charge in [-0.25, -0.2) is 0 Å². The van der Waals surface area contributed by atoms with Crippen LogP contribution in [-0.2, 0) is 17.6 Å². The third kappa shape index (κ3) is 1.86. The fourth-order valence-corrected chi connectivity index (χ4v) is 2.85. The number of fused-ring (bicyclic) bond motifs is 3. The van der Waals surface area contributed by atoms with Crippen LogP contribution >= 0.6 is 0 Å². The van der Waals surface area contributed by atoms with Gasteiger partial charge in [0.15, 0.2) is 0 Å². The standard InChI is InChI=1S/C16H16O3/c1-18-14-7-8-15(19-2)16-12(14)6-4-10-3-5-11(17)9-13(10)16/h4,6-8H,3,5,9H2,1-2H3. The van der Waals surface area contributed by atoms with Crippen molar-refractivity contribution in [2.24, 2.45) is 0 Å². The van der Waals surface area contributed by atoms with E-state index < -0.39 is 0 Å². The Morgan fingerprint density at radius 1 is 0.947 bits per heavy atom. The molecule has 0 radical (unpaired) electrons. The minimum Gasteiger partial charge on any atom is -0.496 e. The van der Waals surface area contributed by atoms with Crippen molar-refractivity contribution >= 4 is 16.6 Å². The molecule has 3 nitrogen and oxygen atoms in total. The van der Waals surface area contributed by atoms with E-state index in [0.29, 0.717) is 18.6 Å². The Morgan fingerprint density at radius 2 is 1.68 bits per heavy atom. The number of benzene rings is 2. The Morgan fingerprint density at radius 3 is 2.42 bits per heavy atom. The van der Waals surface area contributed by atoms with Crippen LogP contribution in [0.5, 0.6) is 11.5 Å². The maximum absolute atomic E-state index is 11.8. The van der Waals surface area contributed by atoms with Gasteiger partial charge in [-0.2, -0.15) is 0 Å². The molecule has 3 heteroatoms. The van der Waals surface area contributed by atoms with Gasteiger partial charge in [-0.15, -0.1) is 0 Å². The molecule has 0 spiro atoms. The molecule has 0 unspecified atom stereocenters. The van der Waals surface area contributed by atoms with Crippen LogP contribution in [0, 0.1) is 0 Å². The maximum atomic E-state index is 11.8. The first-order valence-electron chi connectivity index (χ1n) is 6.41. The Kier molecular flexibility index (Phi) is 2.90. The molecule has 0 amide bonds. The molecule has 98 valence electrons. The molecule has 3 rings (SSSR count). The number of rotatable bonds is 2. The molecule has 0 saturated carbocycles. The first-order valence-corrected chi connectivity index (χ1v) is 6.41. The topological polar surface area (TPSA) is 35.5 Å². The van der Waals surface area contributed by atoms with Gasteiger partial charge in [-0.05, 0) is 29.7 Å². The highest BCUT2D eigenvalue weighted by molar-refractivity contribution is 6.00. The number of carbonyl (C=O) groups is 1. The van der Waals surface area contributed by atoms with Gasteiger partial charge in [-0.3, -0.25) is 4.79 Å². The molecule has 19 heavy (non-hydrogen) atoms. The van der Waals surface area contributed by atoms with Crippen molar-refractivity contribution in [2.45, 2.75) is 19.3 Å². The van der Waals surface area contributed by atoms with Crippen molar-refractivity contribution in [1.82, 2.24) is 0 Å². The summed E-state index contributed by atoms with van der Waals surface area (Å²) in [6.07, 6.45) is 1.96. The molecule has 0 aromatic heterocycles. The summed E-state index contributed by atoms with van der Waals surface area (Å²) in [6, 6.07) is 7.97. The van der Waals surface area contributed by atoms with Crippen molar-refractivity contribution < 1.29 is 14.3 Å². The average molecular weight is 256 g/mol. The van der Waals surface area contributed by atoms with Gasteiger partial charge in [0.25, 0.3) is 0 Å². The molecule has 0 atom stereocenters. The predicted molar refractivity (Wildman–Crippen MR) is 74.1 cm³/mol. The Bertz CT molecular complexity index is 659. The summed E-state index contributed by atoms with van der Waals surface area (Å²) in [4.78, 5) is 11.8. The van der Waals surface area contributed by atoms with Crippen LogP contribution in [0.15, 0.2) is 24.3 Å². The second-order valence-corrected chi connectivity index (χ2v) is 4.81. The molecule has 0 fully saturated rings. The lowest BCUT2D eigenvalue weighted by Gasteiger charge is -2.20. The zero-order chi connectivity index (χ0) is 13.4. The molecule has 2 aromatic rings. The summed E-state index contributed by atoms with van der Waals surface area (Å²) < 4.78 is 10.9. The van der Waals surface area contributed by atoms with Gasteiger partial charge in [-0.1, -0.05) is 12.1 Å². The fraction of sp³-hybridized carbons (Fsp3) is 0.312. The molecule has 0 heterocycles. The number of Topliss-reactive ketones (excluding diaryl/α,β-unsaturated/α-hetero) is 1. The molecule has 0 bridgehead atoms. The predicted octanol–water partition coefficient (Wildman–Crippen LogP) is 2.91. The molecule has 2 aromatic carbocycles. The number of hydrogen-bond acceptors (Lipinski definition) is 3. The number of ether oxygens (including phenoxy) is 2. The van der Waals surface area contributed by atoms with Crippen LogP contribution in [0.25, 0.3) is 10.8 Å². The Balaban J connectivity index is 2.37. The lowest BCUT2D eigenvalue weighted by atomic mass is 9.86. The van der Waals surface area contributed by atoms with Crippen LogP contribution in [0.1, 0.15) is 17.5 Å². The molecular formula is C16H16O3. The van der Waals surface area contributed by atoms with Crippen LogP contribution in [0.3, 0.4) is 0 Å². The first-order chi connectivity index (χ1) is 9.24. The molecule has 1 aliphatic rings. The highest BCUT2D eigenvalue weighted by Crippen LogP contribution is 2.38. The first kappa shape index (κ1) is 12.0. The average Bonchev–Trinajstić information content (AvgIpc) is 2.45. The van der Waals surface area contributed by atoms with Gasteiger partial charge >= 0.3 is 0 Å². The summed E-state index contributed by atoms with van der Waals surface area (Å²) >= 11 is 0. The van der Waals surface area contributed by atoms with Crippen LogP contribution in [0.2, 0.25) is 0 Å². The molecule has 1 aliphatic carbocycles. The van der Waals surface area contributed by atoms with Gasteiger partial charge < -0.3 is 9.47 Å². The van der Waals surface area contributed by atoms with E-state index >= 15 is 0 Å². The van der Waals surface area contributed by atoms with Gasteiger partial charge in [0.1, 0.15) is 17.3 Å².